The quantitative estimate of drug-likeness (QED) is 0.393. The Bertz CT molecular complexity index is 1070. The van der Waals surface area contributed by atoms with E-state index in [1.54, 1.807) is 17.4 Å². The van der Waals surface area contributed by atoms with Gasteiger partial charge < -0.3 is 4.57 Å². The number of hydrogen-bond donors (Lipinski definition) is 0. The molecule has 2 aromatic carbocycles. The lowest BCUT2D eigenvalue weighted by Crippen LogP contribution is -1.99. The van der Waals surface area contributed by atoms with Gasteiger partial charge in [0.25, 0.3) is 0 Å². The first kappa shape index (κ1) is 13.1. The van der Waals surface area contributed by atoms with E-state index in [-0.39, 0.29) is 5.78 Å². The second-order valence-electron chi connectivity index (χ2n) is 5.64. The summed E-state index contributed by atoms with van der Waals surface area (Å²) in [5.74, 6) is 0.0616. The third-order valence-electron chi connectivity index (χ3n) is 4.30. The summed E-state index contributed by atoms with van der Waals surface area (Å²) in [6.45, 7) is 0. The van der Waals surface area contributed by atoms with Crippen molar-refractivity contribution in [2.75, 3.05) is 0 Å². The topological polar surface area (TPSA) is 22.0 Å². The first-order valence-electron chi connectivity index (χ1n) is 7.25. The van der Waals surface area contributed by atoms with Gasteiger partial charge in [0.2, 0.25) is 0 Å². The highest BCUT2D eigenvalue weighted by atomic mass is 35.5. The van der Waals surface area contributed by atoms with Gasteiger partial charge in [0.05, 0.1) is 5.56 Å². The Morgan fingerprint density at radius 2 is 1.65 bits per heavy atom. The van der Waals surface area contributed by atoms with E-state index in [0.29, 0.717) is 10.6 Å². The molecule has 2 aromatic heterocycles. The van der Waals surface area contributed by atoms with Crippen LogP contribution < -0.4 is 0 Å². The number of nitrogens with zero attached hydrogens (tertiary/aromatic N) is 1. The molecule has 5 rings (SSSR count). The number of aromatic nitrogens is 1. The Hall–Kier alpha value is -2.36. The molecule has 2 nitrogen and oxygen atoms in total. The Morgan fingerprint density at radius 1 is 0.913 bits per heavy atom. The average Bonchev–Trinajstić information content (AvgIpc) is 3.22. The van der Waals surface area contributed by atoms with Crippen LogP contribution >= 0.6 is 22.9 Å². The number of thiophene rings is 1. The lowest BCUT2D eigenvalue weighted by molar-refractivity contribution is 0.104. The Kier molecular flexibility index (Phi) is 2.61. The molecule has 4 aromatic rings. The van der Waals surface area contributed by atoms with Crippen molar-refractivity contribution in [2.45, 2.75) is 0 Å². The molecule has 0 spiro atoms. The number of fused-ring (bicyclic) bond motifs is 4. The minimum Gasteiger partial charge on any atom is -0.314 e. The second kappa shape index (κ2) is 4.57. The maximum atomic E-state index is 12.8. The van der Waals surface area contributed by atoms with E-state index in [4.69, 9.17) is 11.6 Å². The molecule has 2 heterocycles. The molecule has 0 saturated carbocycles. The van der Waals surface area contributed by atoms with Gasteiger partial charge in [-0.25, -0.2) is 0 Å². The zero-order valence-electron chi connectivity index (χ0n) is 11.9. The molecule has 0 amide bonds. The number of carbonyl (C=O) groups excluding carboxylic acids is 1. The van der Waals surface area contributed by atoms with Crippen LogP contribution in [0.1, 0.15) is 15.9 Å². The lowest BCUT2D eigenvalue weighted by Gasteiger charge is -2.01. The number of rotatable bonds is 1. The van der Waals surface area contributed by atoms with Crippen LogP contribution in [0.15, 0.2) is 60.2 Å². The van der Waals surface area contributed by atoms with Crippen molar-refractivity contribution < 1.29 is 4.79 Å². The van der Waals surface area contributed by atoms with Crippen LogP contribution in [-0.4, -0.2) is 10.4 Å². The van der Waals surface area contributed by atoms with Crippen molar-refractivity contribution in [3.63, 3.8) is 0 Å². The normalized spacial score (nSPS) is 12.7. The summed E-state index contributed by atoms with van der Waals surface area (Å²) in [5, 5.41) is 5.96. The molecule has 0 bridgehead atoms. The molecule has 1 aliphatic carbocycles. The van der Waals surface area contributed by atoms with E-state index in [1.165, 1.54) is 10.8 Å². The number of carbonyl (C=O) groups is 1. The first-order chi connectivity index (χ1) is 11.2. The van der Waals surface area contributed by atoms with Gasteiger partial charge in [0.15, 0.2) is 5.78 Å². The predicted molar refractivity (Wildman–Crippen MR) is 95.0 cm³/mol. The molecular weight excluding hydrogens is 326 g/mol. The number of benzene rings is 2. The molecule has 0 aliphatic heterocycles. The Labute approximate surface area is 141 Å². The molecule has 110 valence electrons. The maximum Gasteiger partial charge on any atom is 0.197 e. The summed E-state index contributed by atoms with van der Waals surface area (Å²) in [4.78, 5) is 12.8. The van der Waals surface area contributed by atoms with E-state index >= 15 is 0 Å². The molecule has 1 aliphatic rings. The zero-order chi connectivity index (χ0) is 15.6. The third-order valence-corrected chi connectivity index (χ3v) is 5.53. The number of ketones is 1. The fraction of sp³-hybridized carbons (Fsp3) is 0. The molecule has 0 atom stereocenters. The van der Waals surface area contributed by atoms with Crippen molar-refractivity contribution in [2.24, 2.45) is 0 Å². The van der Waals surface area contributed by atoms with Crippen LogP contribution in [0.4, 0.5) is 0 Å². The summed E-state index contributed by atoms with van der Waals surface area (Å²) >= 11 is 7.65. The zero-order valence-corrected chi connectivity index (χ0v) is 13.5. The van der Waals surface area contributed by atoms with Crippen LogP contribution in [-0.2, 0) is 0 Å². The second-order valence-corrected chi connectivity index (χ2v) is 6.94. The summed E-state index contributed by atoms with van der Waals surface area (Å²) in [7, 11) is 0. The smallest absolute Gasteiger partial charge is 0.197 e. The summed E-state index contributed by atoms with van der Waals surface area (Å²) in [5.41, 5.74) is 3.48. The van der Waals surface area contributed by atoms with Crippen LogP contribution in [0.2, 0.25) is 5.02 Å². The van der Waals surface area contributed by atoms with Gasteiger partial charge >= 0.3 is 0 Å². The van der Waals surface area contributed by atoms with Crippen LogP contribution in [0.5, 0.6) is 0 Å². The highest BCUT2D eigenvalue weighted by Gasteiger charge is 2.31. The molecule has 0 N–H and O–H groups in total. The highest BCUT2D eigenvalue weighted by molar-refractivity contribution is 7.13. The summed E-state index contributed by atoms with van der Waals surface area (Å²) in [6.07, 6.45) is 4.15. The fourth-order valence-electron chi connectivity index (χ4n) is 3.23. The maximum absolute atomic E-state index is 12.8. The van der Waals surface area contributed by atoms with Crippen molar-refractivity contribution >= 4 is 39.5 Å². The van der Waals surface area contributed by atoms with Gasteiger partial charge in [-0.2, -0.15) is 0 Å². The number of halogens is 1. The molecule has 0 fully saturated rings. The largest absolute Gasteiger partial charge is 0.314 e. The van der Waals surface area contributed by atoms with E-state index in [0.717, 1.165) is 21.7 Å². The van der Waals surface area contributed by atoms with E-state index < -0.39 is 0 Å². The minimum atomic E-state index is 0.0616. The molecule has 0 saturated heterocycles. The van der Waals surface area contributed by atoms with E-state index in [1.807, 2.05) is 24.3 Å². The molecule has 0 unspecified atom stereocenters. The van der Waals surface area contributed by atoms with Crippen LogP contribution in [0.25, 0.3) is 26.9 Å². The highest BCUT2D eigenvalue weighted by Crippen LogP contribution is 2.44. The fourth-order valence-corrected chi connectivity index (χ4v) is 4.42. The first-order valence-corrected chi connectivity index (χ1v) is 8.51. The molecule has 4 heteroatoms. The summed E-state index contributed by atoms with van der Waals surface area (Å²) < 4.78 is 2.06. The van der Waals surface area contributed by atoms with Gasteiger partial charge in [0.1, 0.15) is 5.00 Å². The predicted octanol–water partition coefficient (Wildman–Crippen LogP) is 5.56. The molecular formula is C19H10ClNOS. The molecule has 23 heavy (non-hydrogen) atoms. The average molecular weight is 336 g/mol. The van der Waals surface area contributed by atoms with Crippen LogP contribution in [0.3, 0.4) is 0 Å². The number of hydrogen-bond acceptors (Lipinski definition) is 2. The third kappa shape index (κ3) is 1.78. The lowest BCUT2D eigenvalue weighted by atomic mass is 10.1. The van der Waals surface area contributed by atoms with Crippen molar-refractivity contribution in [1.82, 2.24) is 4.57 Å². The SMILES string of the molecule is O=C1c2cc(Cl)ccc2-c2csc(-n3cc4ccccc4c3)c21. The van der Waals surface area contributed by atoms with Crippen molar-refractivity contribution in [3.05, 3.63) is 76.4 Å². The van der Waals surface area contributed by atoms with Crippen molar-refractivity contribution in [1.29, 1.82) is 0 Å². The Balaban J connectivity index is 1.74. The van der Waals surface area contributed by atoms with Gasteiger partial charge in [-0.3, -0.25) is 4.79 Å². The van der Waals surface area contributed by atoms with E-state index in [2.05, 4.69) is 34.5 Å². The van der Waals surface area contributed by atoms with Gasteiger partial charge in [-0.15, -0.1) is 11.3 Å². The monoisotopic (exact) mass is 335 g/mol. The van der Waals surface area contributed by atoms with E-state index in [9.17, 15) is 4.79 Å². The summed E-state index contributed by atoms with van der Waals surface area (Å²) in [6, 6.07) is 13.7. The van der Waals surface area contributed by atoms with Crippen molar-refractivity contribution in [3.8, 4) is 16.1 Å². The van der Waals surface area contributed by atoms with Gasteiger partial charge in [0, 0.05) is 33.9 Å². The van der Waals surface area contributed by atoms with Gasteiger partial charge in [-0.1, -0.05) is 41.9 Å². The van der Waals surface area contributed by atoms with Gasteiger partial charge in [-0.05, 0) is 28.5 Å². The Morgan fingerprint density at radius 3 is 2.39 bits per heavy atom. The molecule has 0 radical (unpaired) electrons. The standard InChI is InChI=1S/C19H10ClNOS/c20-13-5-6-14-15(7-13)18(22)17-16(14)10-23-19(17)21-8-11-3-1-2-4-12(11)9-21/h1-10H. The minimum absolute atomic E-state index is 0.0616. The van der Waals surface area contributed by atoms with Crippen LogP contribution in [0, 0.1) is 0 Å².